The zero-order valence-electron chi connectivity index (χ0n) is 10.6. The summed E-state index contributed by atoms with van der Waals surface area (Å²) in [5, 5.41) is 2.58. The first kappa shape index (κ1) is 14.9. The lowest BCUT2D eigenvalue weighted by Gasteiger charge is -2.20. The normalized spacial score (nSPS) is 12.7. The van der Waals surface area contributed by atoms with Gasteiger partial charge in [-0.25, -0.2) is 4.79 Å². The van der Waals surface area contributed by atoms with Crippen LogP contribution in [-0.2, 0) is 19.1 Å². The van der Waals surface area contributed by atoms with Gasteiger partial charge in [0.05, 0.1) is 13.2 Å². The van der Waals surface area contributed by atoms with Crippen molar-refractivity contribution in [2.45, 2.75) is 39.8 Å². The zero-order chi connectivity index (χ0) is 12.7. The summed E-state index contributed by atoms with van der Waals surface area (Å²) in [6, 6.07) is -0.617. The van der Waals surface area contributed by atoms with Crippen molar-refractivity contribution in [2.24, 2.45) is 5.92 Å². The fraction of sp³-hybridized carbons (Fsp3) is 0.818. The topological polar surface area (TPSA) is 64.6 Å². The van der Waals surface area contributed by atoms with E-state index in [1.807, 2.05) is 27.7 Å². The Hall–Kier alpha value is -1.10. The van der Waals surface area contributed by atoms with Crippen LogP contribution in [-0.4, -0.2) is 37.7 Å². The SMILES string of the molecule is COC(=O)[C@@H](NC(=O)COC(C)C)C(C)C. The molecule has 0 aromatic rings. The maximum atomic E-state index is 11.4. The highest BCUT2D eigenvalue weighted by Crippen LogP contribution is 2.03. The first-order chi connectivity index (χ1) is 7.38. The van der Waals surface area contributed by atoms with Gasteiger partial charge in [-0.3, -0.25) is 4.79 Å². The molecule has 16 heavy (non-hydrogen) atoms. The van der Waals surface area contributed by atoms with E-state index in [9.17, 15) is 9.59 Å². The van der Waals surface area contributed by atoms with Crippen LogP contribution in [0.15, 0.2) is 0 Å². The number of esters is 1. The molecule has 0 heterocycles. The third kappa shape index (κ3) is 5.70. The Morgan fingerprint density at radius 1 is 1.19 bits per heavy atom. The van der Waals surface area contributed by atoms with Gasteiger partial charge in [0.25, 0.3) is 0 Å². The number of nitrogens with one attached hydrogen (secondary N) is 1. The average molecular weight is 231 g/mol. The van der Waals surface area contributed by atoms with E-state index in [0.29, 0.717) is 0 Å². The molecule has 0 aliphatic rings. The predicted octanol–water partition coefficient (Wildman–Crippen LogP) is 0.725. The zero-order valence-corrected chi connectivity index (χ0v) is 10.6. The molecule has 0 unspecified atom stereocenters. The molecule has 0 saturated carbocycles. The van der Waals surface area contributed by atoms with Crippen LogP contribution in [0.25, 0.3) is 0 Å². The summed E-state index contributed by atoms with van der Waals surface area (Å²) in [5.74, 6) is -0.763. The molecule has 1 N–H and O–H groups in total. The molecule has 1 amide bonds. The van der Waals surface area contributed by atoms with Crippen molar-refractivity contribution in [3.05, 3.63) is 0 Å². The number of ether oxygens (including phenoxy) is 2. The molecule has 0 aliphatic carbocycles. The van der Waals surface area contributed by atoms with Gasteiger partial charge in [0.1, 0.15) is 12.6 Å². The van der Waals surface area contributed by atoms with Crippen molar-refractivity contribution in [3.63, 3.8) is 0 Å². The number of amides is 1. The minimum absolute atomic E-state index is 0.0126. The van der Waals surface area contributed by atoms with Crippen LogP contribution in [0, 0.1) is 5.92 Å². The summed E-state index contributed by atoms with van der Waals surface area (Å²) in [6.45, 7) is 7.31. The van der Waals surface area contributed by atoms with Crippen LogP contribution in [0.3, 0.4) is 0 Å². The van der Waals surface area contributed by atoms with E-state index in [4.69, 9.17) is 4.74 Å². The highest BCUT2D eigenvalue weighted by atomic mass is 16.5. The van der Waals surface area contributed by atoms with Crippen LogP contribution < -0.4 is 5.32 Å². The minimum Gasteiger partial charge on any atom is -0.467 e. The molecule has 0 saturated heterocycles. The second-order valence-electron chi connectivity index (χ2n) is 4.17. The second-order valence-corrected chi connectivity index (χ2v) is 4.17. The molecule has 0 rings (SSSR count). The van der Waals surface area contributed by atoms with Gasteiger partial charge in [-0.1, -0.05) is 13.8 Å². The van der Waals surface area contributed by atoms with Crippen LogP contribution >= 0.6 is 0 Å². The van der Waals surface area contributed by atoms with Crippen LogP contribution in [0.2, 0.25) is 0 Å². The van der Waals surface area contributed by atoms with Crippen molar-refractivity contribution >= 4 is 11.9 Å². The second kappa shape index (κ2) is 7.22. The van der Waals surface area contributed by atoms with Crippen molar-refractivity contribution < 1.29 is 19.1 Å². The molecule has 0 radical (unpaired) electrons. The molecule has 0 spiro atoms. The van der Waals surface area contributed by atoms with E-state index < -0.39 is 12.0 Å². The fourth-order valence-corrected chi connectivity index (χ4v) is 1.08. The average Bonchev–Trinajstić information content (AvgIpc) is 2.21. The minimum atomic E-state index is -0.617. The quantitative estimate of drug-likeness (QED) is 0.684. The first-order valence-corrected chi connectivity index (χ1v) is 5.37. The molecular formula is C11H21NO4. The van der Waals surface area contributed by atoms with Crippen molar-refractivity contribution in [1.29, 1.82) is 0 Å². The summed E-state index contributed by atoms with van der Waals surface area (Å²) in [4.78, 5) is 22.8. The molecular weight excluding hydrogens is 210 g/mol. The van der Waals surface area contributed by atoms with Gasteiger partial charge in [-0.15, -0.1) is 0 Å². The summed E-state index contributed by atoms with van der Waals surface area (Å²) in [6.07, 6.45) is -0.0126. The maximum Gasteiger partial charge on any atom is 0.328 e. The molecule has 94 valence electrons. The monoisotopic (exact) mass is 231 g/mol. The van der Waals surface area contributed by atoms with Crippen molar-refractivity contribution in [3.8, 4) is 0 Å². The fourth-order valence-electron chi connectivity index (χ4n) is 1.08. The molecule has 0 aromatic heterocycles. The Kier molecular flexibility index (Phi) is 6.72. The molecule has 5 heteroatoms. The lowest BCUT2D eigenvalue weighted by atomic mass is 10.0. The van der Waals surface area contributed by atoms with E-state index in [0.717, 1.165) is 0 Å². The molecule has 0 aromatic carbocycles. The molecule has 0 aliphatic heterocycles. The third-order valence-corrected chi connectivity index (χ3v) is 1.99. The number of carbonyl (C=O) groups is 2. The van der Waals surface area contributed by atoms with Gasteiger partial charge in [-0.05, 0) is 19.8 Å². The standard InChI is InChI=1S/C11H21NO4/c1-7(2)10(11(14)15-5)12-9(13)6-16-8(3)4/h7-8,10H,6H2,1-5H3,(H,12,13)/t10-/m0/s1. The van der Waals surface area contributed by atoms with Crippen LogP contribution in [0.1, 0.15) is 27.7 Å². The van der Waals surface area contributed by atoms with Gasteiger partial charge in [-0.2, -0.15) is 0 Å². The highest BCUT2D eigenvalue weighted by molar-refractivity contribution is 5.85. The Morgan fingerprint density at radius 3 is 2.12 bits per heavy atom. The van der Waals surface area contributed by atoms with Gasteiger partial charge in [0, 0.05) is 0 Å². The molecule has 0 fully saturated rings. The highest BCUT2D eigenvalue weighted by Gasteiger charge is 2.24. The predicted molar refractivity (Wildman–Crippen MR) is 59.9 cm³/mol. The molecule has 5 nitrogen and oxygen atoms in total. The Bertz CT molecular complexity index is 238. The van der Waals surface area contributed by atoms with E-state index in [1.54, 1.807) is 0 Å². The van der Waals surface area contributed by atoms with Gasteiger partial charge < -0.3 is 14.8 Å². The first-order valence-electron chi connectivity index (χ1n) is 5.37. The van der Waals surface area contributed by atoms with E-state index in [2.05, 4.69) is 10.1 Å². The summed E-state index contributed by atoms with van der Waals surface area (Å²) < 4.78 is 9.74. The number of hydrogen-bond acceptors (Lipinski definition) is 4. The number of methoxy groups -OCH3 is 1. The van der Waals surface area contributed by atoms with E-state index in [1.165, 1.54) is 7.11 Å². The number of hydrogen-bond donors (Lipinski definition) is 1. The lowest BCUT2D eigenvalue weighted by molar-refractivity contribution is -0.147. The van der Waals surface area contributed by atoms with Crippen LogP contribution in [0.5, 0.6) is 0 Å². The van der Waals surface area contributed by atoms with Gasteiger partial charge in [0.2, 0.25) is 5.91 Å². The van der Waals surface area contributed by atoms with Gasteiger partial charge in [0.15, 0.2) is 0 Å². The maximum absolute atomic E-state index is 11.4. The Morgan fingerprint density at radius 2 is 1.75 bits per heavy atom. The third-order valence-electron chi connectivity index (χ3n) is 1.99. The number of rotatable bonds is 6. The molecule has 1 atom stereocenters. The smallest absolute Gasteiger partial charge is 0.328 e. The van der Waals surface area contributed by atoms with E-state index in [-0.39, 0.29) is 24.5 Å². The van der Waals surface area contributed by atoms with E-state index >= 15 is 0 Å². The summed E-state index contributed by atoms with van der Waals surface area (Å²) >= 11 is 0. The molecule has 0 bridgehead atoms. The van der Waals surface area contributed by atoms with Gasteiger partial charge >= 0.3 is 5.97 Å². The number of carbonyl (C=O) groups excluding carboxylic acids is 2. The van der Waals surface area contributed by atoms with Crippen molar-refractivity contribution in [1.82, 2.24) is 5.32 Å². The Labute approximate surface area is 96.5 Å². The lowest BCUT2D eigenvalue weighted by Crippen LogP contribution is -2.46. The van der Waals surface area contributed by atoms with Crippen LogP contribution in [0.4, 0.5) is 0 Å². The largest absolute Gasteiger partial charge is 0.467 e. The summed E-state index contributed by atoms with van der Waals surface area (Å²) in [7, 11) is 1.30. The Balaban J connectivity index is 4.19. The summed E-state index contributed by atoms with van der Waals surface area (Å²) in [5.41, 5.74) is 0. The van der Waals surface area contributed by atoms with Crippen molar-refractivity contribution in [2.75, 3.05) is 13.7 Å².